The molecule has 60 valence electrons. The number of hydrogen-bond acceptors (Lipinski definition) is 1. The number of terminal acetylenes is 1. The third kappa shape index (κ3) is 2.10. The average Bonchev–Trinajstić information content (AvgIpc) is 2.66. The van der Waals surface area contributed by atoms with Gasteiger partial charge in [0.2, 0.25) is 0 Å². The Morgan fingerprint density at radius 1 is 1.82 bits per heavy atom. The van der Waals surface area contributed by atoms with E-state index in [2.05, 4.69) is 12.8 Å². The lowest BCUT2D eigenvalue weighted by atomic mass is 10.1. The fourth-order valence-corrected chi connectivity index (χ4v) is 1.25. The normalized spacial score (nSPS) is 32.7. The van der Waals surface area contributed by atoms with Crippen LogP contribution in [-0.2, 0) is 0 Å². The van der Waals surface area contributed by atoms with Gasteiger partial charge in [0.1, 0.15) is 0 Å². The van der Waals surface area contributed by atoms with Gasteiger partial charge < -0.3 is 5.11 Å². The zero-order valence-corrected chi connectivity index (χ0v) is 7.04. The molecular weight excluding hydrogens is 136 g/mol. The molecule has 3 atom stereocenters. The van der Waals surface area contributed by atoms with Crippen LogP contribution in [0, 0.1) is 24.2 Å². The molecule has 0 heterocycles. The minimum Gasteiger partial charge on any atom is -0.389 e. The molecule has 1 N–H and O–H groups in total. The van der Waals surface area contributed by atoms with Crippen molar-refractivity contribution in [1.82, 2.24) is 0 Å². The molecule has 0 radical (unpaired) electrons. The number of allylic oxidation sites excluding steroid dienone is 1. The molecule has 0 aromatic rings. The molecule has 1 fully saturated rings. The van der Waals surface area contributed by atoms with E-state index in [1.54, 1.807) is 6.08 Å². The van der Waals surface area contributed by atoms with Gasteiger partial charge in [0.15, 0.2) is 0 Å². The fourth-order valence-electron chi connectivity index (χ4n) is 1.25. The molecule has 1 aliphatic carbocycles. The van der Waals surface area contributed by atoms with Gasteiger partial charge in [0.25, 0.3) is 0 Å². The standard InChI is InChI=1S/C10H14O/c1-4-7(2)5-10(11)9-6-8(9)3/h1,5,8-11H,6H2,2-3H3/b7-5+. The number of rotatable bonds is 2. The molecule has 0 bridgehead atoms. The molecule has 1 heteroatoms. The second kappa shape index (κ2) is 3.11. The lowest BCUT2D eigenvalue weighted by Crippen LogP contribution is -2.06. The van der Waals surface area contributed by atoms with E-state index in [0.717, 1.165) is 12.0 Å². The number of aliphatic hydroxyl groups excluding tert-OH is 1. The van der Waals surface area contributed by atoms with E-state index in [0.29, 0.717) is 11.8 Å². The van der Waals surface area contributed by atoms with Gasteiger partial charge in [-0.15, -0.1) is 6.42 Å². The molecule has 1 saturated carbocycles. The Morgan fingerprint density at radius 3 is 2.73 bits per heavy atom. The van der Waals surface area contributed by atoms with E-state index in [1.807, 2.05) is 6.92 Å². The molecule has 1 nitrogen and oxygen atoms in total. The Morgan fingerprint density at radius 2 is 2.36 bits per heavy atom. The number of aliphatic hydroxyl groups is 1. The monoisotopic (exact) mass is 150 g/mol. The zero-order chi connectivity index (χ0) is 8.43. The highest BCUT2D eigenvalue weighted by atomic mass is 16.3. The maximum absolute atomic E-state index is 9.49. The molecule has 0 saturated heterocycles. The van der Waals surface area contributed by atoms with Gasteiger partial charge >= 0.3 is 0 Å². The van der Waals surface area contributed by atoms with E-state index in [1.165, 1.54) is 0 Å². The smallest absolute Gasteiger partial charge is 0.0763 e. The van der Waals surface area contributed by atoms with E-state index in [4.69, 9.17) is 6.42 Å². The van der Waals surface area contributed by atoms with Crippen LogP contribution in [0.15, 0.2) is 11.6 Å². The summed E-state index contributed by atoms with van der Waals surface area (Å²) in [5, 5.41) is 9.49. The zero-order valence-electron chi connectivity index (χ0n) is 7.04. The predicted octanol–water partition coefficient (Wildman–Crippen LogP) is 1.58. The van der Waals surface area contributed by atoms with Crippen molar-refractivity contribution in [3.63, 3.8) is 0 Å². The van der Waals surface area contributed by atoms with Gasteiger partial charge in [0.05, 0.1) is 6.10 Å². The molecule has 0 aromatic heterocycles. The van der Waals surface area contributed by atoms with Crippen LogP contribution in [-0.4, -0.2) is 11.2 Å². The Balaban J connectivity index is 2.44. The highest BCUT2D eigenvalue weighted by molar-refractivity contribution is 5.24. The summed E-state index contributed by atoms with van der Waals surface area (Å²) in [5.41, 5.74) is 0.830. The predicted molar refractivity (Wildman–Crippen MR) is 45.9 cm³/mol. The molecule has 11 heavy (non-hydrogen) atoms. The summed E-state index contributed by atoms with van der Waals surface area (Å²) in [4.78, 5) is 0. The van der Waals surface area contributed by atoms with Crippen molar-refractivity contribution in [2.75, 3.05) is 0 Å². The first kappa shape index (κ1) is 8.36. The molecular formula is C10H14O. The first-order valence-corrected chi connectivity index (χ1v) is 3.98. The van der Waals surface area contributed by atoms with Gasteiger partial charge in [-0.1, -0.05) is 12.8 Å². The molecule has 1 aliphatic rings. The van der Waals surface area contributed by atoms with Crippen LogP contribution in [0.25, 0.3) is 0 Å². The van der Waals surface area contributed by atoms with E-state index in [9.17, 15) is 5.11 Å². The van der Waals surface area contributed by atoms with Gasteiger partial charge in [-0.3, -0.25) is 0 Å². The van der Waals surface area contributed by atoms with Crippen molar-refractivity contribution in [3.8, 4) is 12.3 Å². The molecule has 0 amide bonds. The Kier molecular flexibility index (Phi) is 2.36. The quantitative estimate of drug-likeness (QED) is 0.592. The van der Waals surface area contributed by atoms with Crippen LogP contribution in [0.5, 0.6) is 0 Å². The van der Waals surface area contributed by atoms with Crippen LogP contribution in [0.1, 0.15) is 20.3 Å². The summed E-state index contributed by atoms with van der Waals surface area (Å²) in [6.07, 6.45) is 7.73. The third-order valence-corrected chi connectivity index (χ3v) is 2.26. The first-order chi connectivity index (χ1) is 5.15. The highest BCUT2D eigenvalue weighted by Gasteiger charge is 2.37. The Labute approximate surface area is 68.1 Å². The minimum absolute atomic E-state index is 0.318. The van der Waals surface area contributed by atoms with Gasteiger partial charge in [0, 0.05) is 0 Å². The van der Waals surface area contributed by atoms with Gasteiger partial charge in [-0.25, -0.2) is 0 Å². The van der Waals surface area contributed by atoms with Crippen LogP contribution in [0.2, 0.25) is 0 Å². The van der Waals surface area contributed by atoms with E-state index < -0.39 is 0 Å². The second-order valence-electron chi connectivity index (χ2n) is 3.36. The van der Waals surface area contributed by atoms with Crippen LogP contribution in [0.3, 0.4) is 0 Å². The number of hydrogen-bond donors (Lipinski definition) is 1. The molecule has 0 spiro atoms. The van der Waals surface area contributed by atoms with Crippen molar-refractivity contribution >= 4 is 0 Å². The fraction of sp³-hybridized carbons (Fsp3) is 0.600. The first-order valence-electron chi connectivity index (χ1n) is 3.98. The van der Waals surface area contributed by atoms with Gasteiger partial charge in [-0.2, -0.15) is 0 Å². The maximum Gasteiger partial charge on any atom is 0.0763 e. The summed E-state index contributed by atoms with van der Waals surface area (Å²) in [6.45, 7) is 3.99. The molecule has 3 unspecified atom stereocenters. The van der Waals surface area contributed by atoms with Crippen molar-refractivity contribution in [1.29, 1.82) is 0 Å². The van der Waals surface area contributed by atoms with Gasteiger partial charge in [-0.05, 0) is 36.8 Å². The topological polar surface area (TPSA) is 20.2 Å². The SMILES string of the molecule is C#C/C(C)=C/C(O)C1CC1C. The summed E-state index contributed by atoms with van der Waals surface area (Å²) in [7, 11) is 0. The van der Waals surface area contributed by atoms with Crippen molar-refractivity contribution in [3.05, 3.63) is 11.6 Å². The Hall–Kier alpha value is -0.740. The maximum atomic E-state index is 9.49. The minimum atomic E-state index is -0.318. The summed E-state index contributed by atoms with van der Waals surface area (Å²) in [5.74, 6) is 3.62. The third-order valence-electron chi connectivity index (χ3n) is 2.26. The highest BCUT2D eigenvalue weighted by Crippen LogP contribution is 2.41. The van der Waals surface area contributed by atoms with Crippen molar-refractivity contribution in [2.24, 2.45) is 11.8 Å². The lowest BCUT2D eigenvalue weighted by molar-refractivity contribution is 0.193. The van der Waals surface area contributed by atoms with E-state index in [-0.39, 0.29) is 6.10 Å². The largest absolute Gasteiger partial charge is 0.389 e. The van der Waals surface area contributed by atoms with E-state index >= 15 is 0 Å². The molecule has 0 aromatic carbocycles. The van der Waals surface area contributed by atoms with Crippen LogP contribution in [0.4, 0.5) is 0 Å². The van der Waals surface area contributed by atoms with Crippen molar-refractivity contribution < 1.29 is 5.11 Å². The summed E-state index contributed by atoms with van der Waals surface area (Å²) >= 11 is 0. The molecule has 0 aliphatic heterocycles. The summed E-state index contributed by atoms with van der Waals surface area (Å²) < 4.78 is 0. The Bertz CT molecular complexity index is 209. The van der Waals surface area contributed by atoms with Crippen LogP contribution < -0.4 is 0 Å². The summed E-state index contributed by atoms with van der Waals surface area (Å²) in [6, 6.07) is 0. The van der Waals surface area contributed by atoms with Crippen LogP contribution >= 0.6 is 0 Å². The molecule has 1 rings (SSSR count). The second-order valence-corrected chi connectivity index (χ2v) is 3.36. The lowest BCUT2D eigenvalue weighted by Gasteiger charge is -2.02. The average molecular weight is 150 g/mol. The van der Waals surface area contributed by atoms with Crippen molar-refractivity contribution in [2.45, 2.75) is 26.4 Å².